The lowest BCUT2D eigenvalue weighted by molar-refractivity contribution is -0.144. The summed E-state index contributed by atoms with van der Waals surface area (Å²) in [4.78, 5) is 33.6. The molecule has 3 unspecified atom stereocenters. The minimum absolute atomic E-state index is 0.00994. The molecule has 2 amide bonds. The van der Waals surface area contributed by atoms with Crippen molar-refractivity contribution in [3.8, 4) is 0 Å². The Morgan fingerprint density at radius 2 is 1.98 bits per heavy atom. The van der Waals surface area contributed by atoms with Gasteiger partial charge in [-0.15, -0.1) is 11.3 Å². The summed E-state index contributed by atoms with van der Waals surface area (Å²) < 4.78 is 28.5. The maximum absolute atomic E-state index is 13.6. The van der Waals surface area contributed by atoms with Crippen molar-refractivity contribution in [3.63, 3.8) is 0 Å². The highest BCUT2D eigenvalue weighted by Gasteiger charge is 2.54. The van der Waals surface area contributed by atoms with E-state index in [0.717, 1.165) is 44.4 Å². The Hall–Kier alpha value is -1.98. The molecule has 3 aliphatic heterocycles. The molecule has 1 N–H and O–H groups in total. The van der Waals surface area contributed by atoms with Crippen LogP contribution in [0, 0.1) is 17.8 Å². The molecule has 4 aliphatic rings. The van der Waals surface area contributed by atoms with E-state index in [0.29, 0.717) is 46.4 Å². The van der Waals surface area contributed by atoms with Gasteiger partial charge in [0.2, 0.25) is 21.8 Å². The van der Waals surface area contributed by atoms with Crippen molar-refractivity contribution in [1.29, 1.82) is 0 Å². The first-order chi connectivity index (χ1) is 20.7. The van der Waals surface area contributed by atoms with Crippen molar-refractivity contribution in [2.45, 2.75) is 70.9 Å². The zero-order valence-electron chi connectivity index (χ0n) is 25.3. The van der Waals surface area contributed by atoms with Crippen LogP contribution in [0.3, 0.4) is 0 Å². The number of fused-ring (bicyclic) bond motifs is 1. The zero-order chi connectivity index (χ0) is 30.6. The minimum atomic E-state index is -3.84. The van der Waals surface area contributed by atoms with E-state index in [4.69, 9.17) is 11.6 Å². The third kappa shape index (κ3) is 8.60. The van der Waals surface area contributed by atoms with Crippen molar-refractivity contribution in [3.05, 3.63) is 50.6 Å². The Bertz CT molecular complexity index is 1350. The van der Waals surface area contributed by atoms with Crippen LogP contribution in [-0.4, -0.2) is 86.3 Å². The molecule has 5 rings (SSSR count). The summed E-state index contributed by atoms with van der Waals surface area (Å²) in [6, 6.07) is 2.78. The van der Waals surface area contributed by atoms with Gasteiger partial charge in [0, 0.05) is 36.0 Å². The number of hydrogen-bond acceptors (Lipinski definition) is 6. The van der Waals surface area contributed by atoms with Gasteiger partial charge in [-0.25, -0.2) is 8.42 Å². The number of rotatable bonds is 12. The Kier molecular flexibility index (Phi) is 10.9. The lowest BCUT2D eigenvalue weighted by atomic mass is 9.89. The second-order valence-corrected chi connectivity index (χ2v) is 15.8. The number of amides is 2. The van der Waals surface area contributed by atoms with Crippen LogP contribution in [0.15, 0.2) is 41.3 Å². The van der Waals surface area contributed by atoms with Gasteiger partial charge in [-0.05, 0) is 101 Å². The summed E-state index contributed by atoms with van der Waals surface area (Å²) in [5, 5.41) is 1.07. The quantitative estimate of drug-likeness (QED) is 0.317. The van der Waals surface area contributed by atoms with Crippen molar-refractivity contribution < 1.29 is 18.0 Å². The van der Waals surface area contributed by atoms with Gasteiger partial charge >= 0.3 is 0 Å². The van der Waals surface area contributed by atoms with Crippen LogP contribution in [0.2, 0.25) is 4.34 Å². The number of hydrogen-bond donors (Lipinski definition) is 1. The first-order valence-electron chi connectivity index (χ1n) is 15.7. The van der Waals surface area contributed by atoms with E-state index >= 15 is 0 Å². The number of nitrogens with zero attached hydrogens (tertiary/aromatic N) is 3. The van der Waals surface area contributed by atoms with Gasteiger partial charge in [0.1, 0.15) is 6.04 Å². The Balaban J connectivity index is 1.12. The second-order valence-electron chi connectivity index (χ2n) is 12.5. The molecule has 4 atom stereocenters. The fraction of sp³-hybridized carbons (Fsp3) is 0.625. The van der Waals surface area contributed by atoms with E-state index < -0.39 is 16.1 Å². The smallest absolute Gasteiger partial charge is 0.242 e. The molecular formula is C32H45ClN4O4S2. The number of thiophene rings is 1. The second kappa shape index (κ2) is 14.4. The molecule has 1 aromatic rings. The van der Waals surface area contributed by atoms with Gasteiger partial charge in [-0.1, -0.05) is 42.3 Å². The standard InChI is InChI=1S/C32H45ClN4O4S2/c1-3-5-7-23(4-2)18-24-11-15-35(16-12-24)21-29-27-19-25(27)20-37(29)31(38)22-36-14-6-8-28(32(36)39)34-43(40,41)17-13-26-9-10-30(33)42-26/h4-5,7,9-10,13,17,24-25,27-29,34H,3,6,8,11-12,14-16,18-22H2,1-2H3/b7-5-,17-13+,23-4+/t25?,27?,28-,29?/m0/s1. The number of allylic oxidation sites excluding steroid dienone is 4. The number of piperidine rings is 3. The van der Waals surface area contributed by atoms with Gasteiger partial charge in [-0.2, -0.15) is 4.72 Å². The molecule has 0 spiro atoms. The number of sulfonamides is 1. The van der Waals surface area contributed by atoms with Crippen LogP contribution < -0.4 is 4.72 Å². The van der Waals surface area contributed by atoms with Crippen LogP contribution in [0.25, 0.3) is 6.08 Å². The lowest BCUT2D eigenvalue weighted by Crippen LogP contribution is -2.55. The summed E-state index contributed by atoms with van der Waals surface area (Å²) in [5.74, 6) is 1.51. The first-order valence-corrected chi connectivity index (χ1v) is 18.5. The molecule has 236 valence electrons. The molecule has 8 nitrogen and oxygen atoms in total. The highest BCUT2D eigenvalue weighted by molar-refractivity contribution is 7.92. The van der Waals surface area contributed by atoms with Crippen LogP contribution in [0.5, 0.6) is 0 Å². The Morgan fingerprint density at radius 3 is 2.67 bits per heavy atom. The van der Waals surface area contributed by atoms with Crippen molar-refractivity contribution in [1.82, 2.24) is 19.4 Å². The first kappa shape index (κ1) is 32.4. The molecule has 1 aliphatic carbocycles. The number of halogens is 1. The van der Waals surface area contributed by atoms with Crippen LogP contribution in [0.1, 0.15) is 63.7 Å². The summed E-state index contributed by atoms with van der Waals surface area (Å²) in [6.07, 6.45) is 15.0. The predicted octanol–water partition coefficient (Wildman–Crippen LogP) is 5.14. The van der Waals surface area contributed by atoms with Gasteiger partial charge in [0.25, 0.3) is 0 Å². The third-order valence-electron chi connectivity index (χ3n) is 9.41. The molecule has 43 heavy (non-hydrogen) atoms. The maximum Gasteiger partial charge on any atom is 0.242 e. The van der Waals surface area contributed by atoms with E-state index in [1.54, 1.807) is 17.0 Å². The highest BCUT2D eigenvalue weighted by atomic mass is 35.5. The van der Waals surface area contributed by atoms with E-state index in [-0.39, 0.29) is 24.4 Å². The molecule has 4 fully saturated rings. The number of nitrogens with one attached hydrogen (secondary N) is 1. The number of likely N-dealkylation sites (tertiary alicyclic amines) is 3. The monoisotopic (exact) mass is 648 g/mol. The summed E-state index contributed by atoms with van der Waals surface area (Å²) in [6.45, 7) is 8.58. The SMILES string of the molecule is C/C=C(\C=C/CC)CC1CCN(CC2C3CC3CN2C(=O)CN2CCC[C@H](NS(=O)(=O)/C=C/c3ccc(Cl)s3)C2=O)CC1. The number of carbonyl (C=O) groups excluding carboxylic acids is 2. The largest absolute Gasteiger partial charge is 0.336 e. The van der Waals surface area contributed by atoms with Crippen LogP contribution >= 0.6 is 22.9 Å². The molecule has 11 heteroatoms. The van der Waals surface area contributed by atoms with Gasteiger partial charge in [0.05, 0.1) is 10.9 Å². The van der Waals surface area contributed by atoms with E-state index in [1.165, 1.54) is 42.2 Å². The normalized spacial score (nSPS) is 27.5. The molecule has 0 bridgehead atoms. The molecule has 0 radical (unpaired) electrons. The van der Waals surface area contributed by atoms with Crippen LogP contribution in [-0.2, 0) is 19.6 Å². The topological polar surface area (TPSA) is 90.0 Å². The molecule has 4 heterocycles. The van der Waals surface area contributed by atoms with E-state index in [1.807, 2.05) is 4.90 Å². The molecule has 1 aromatic heterocycles. The van der Waals surface area contributed by atoms with Gasteiger partial charge in [0.15, 0.2) is 0 Å². The molecular weight excluding hydrogens is 604 g/mol. The predicted molar refractivity (Wildman–Crippen MR) is 174 cm³/mol. The van der Waals surface area contributed by atoms with Crippen molar-refractivity contribution in [2.24, 2.45) is 17.8 Å². The average molecular weight is 649 g/mol. The van der Waals surface area contributed by atoms with E-state index in [9.17, 15) is 18.0 Å². The summed E-state index contributed by atoms with van der Waals surface area (Å²) in [7, 11) is -3.84. The van der Waals surface area contributed by atoms with Crippen molar-refractivity contribution >= 4 is 50.9 Å². The highest BCUT2D eigenvalue weighted by Crippen LogP contribution is 2.50. The number of carbonyl (C=O) groups is 2. The molecule has 1 saturated carbocycles. The molecule has 0 aromatic carbocycles. The summed E-state index contributed by atoms with van der Waals surface area (Å²) in [5.41, 5.74) is 1.43. The molecule has 3 saturated heterocycles. The Labute approximate surface area is 265 Å². The lowest BCUT2D eigenvalue weighted by Gasteiger charge is -2.38. The third-order valence-corrected chi connectivity index (χ3v) is 11.7. The van der Waals surface area contributed by atoms with Gasteiger partial charge < -0.3 is 14.7 Å². The average Bonchev–Trinajstić information content (AvgIpc) is 3.49. The maximum atomic E-state index is 13.6. The fourth-order valence-corrected chi connectivity index (χ4v) is 8.96. The van der Waals surface area contributed by atoms with Crippen LogP contribution in [0.4, 0.5) is 0 Å². The van der Waals surface area contributed by atoms with Crippen molar-refractivity contribution in [2.75, 3.05) is 39.3 Å². The fourth-order valence-electron chi connectivity index (χ4n) is 6.89. The zero-order valence-corrected chi connectivity index (χ0v) is 27.7. The Morgan fingerprint density at radius 1 is 1.19 bits per heavy atom. The minimum Gasteiger partial charge on any atom is -0.336 e. The summed E-state index contributed by atoms with van der Waals surface area (Å²) >= 11 is 7.20. The van der Waals surface area contributed by atoms with E-state index in [2.05, 4.69) is 41.7 Å². The van der Waals surface area contributed by atoms with Gasteiger partial charge in [-0.3, -0.25) is 9.59 Å².